The van der Waals surface area contributed by atoms with Crippen molar-refractivity contribution in [2.75, 3.05) is 5.33 Å². The van der Waals surface area contributed by atoms with Crippen LogP contribution in [0.4, 0.5) is 0 Å². The third kappa shape index (κ3) is 2.23. The van der Waals surface area contributed by atoms with Crippen LogP contribution in [-0.4, -0.2) is 25.1 Å². The van der Waals surface area contributed by atoms with Crippen LogP contribution in [0.25, 0.3) is 5.82 Å². The predicted molar refractivity (Wildman–Crippen MR) is 61.4 cm³/mol. The first-order chi connectivity index (χ1) is 7.31. The molecule has 0 aliphatic carbocycles. The molecule has 15 heavy (non-hydrogen) atoms. The molecule has 0 bridgehead atoms. The molecule has 0 aliphatic heterocycles. The molecule has 0 N–H and O–H groups in total. The maximum absolute atomic E-state index is 4.33. The monoisotopic (exact) mass is 266 g/mol. The molecule has 0 saturated carbocycles. The van der Waals surface area contributed by atoms with Crippen LogP contribution in [-0.2, 0) is 0 Å². The zero-order chi connectivity index (χ0) is 10.7. The van der Waals surface area contributed by atoms with Crippen molar-refractivity contribution in [3.05, 3.63) is 36.5 Å². The molecule has 4 nitrogen and oxygen atoms in total. The summed E-state index contributed by atoms with van der Waals surface area (Å²) in [6, 6.07) is 4.01. The lowest BCUT2D eigenvalue weighted by atomic mass is 10.1. The summed E-state index contributed by atoms with van der Waals surface area (Å²) in [5, 5.41) is 4.96. The Hall–Kier alpha value is -1.23. The average molecular weight is 267 g/mol. The highest BCUT2D eigenvalue weighted by Crippen LogP contribution is 2.16. The third-order valence-electron chi connectivity index (χ3n) is 2.22. The first kappa shape index (κ1) is 10.3. The molecule has 0 aliphatic rings. The van der Waals surface area contributed by atoms with E-state index in [-0.39, 0.29) is 0 Å². The predicted octanol–water partition coefficient (Wildman–Crippen LogP) is 2.16. The molecule has 78 valence electrons. The van der Waals surface area contributed by atoms with Gasteiger partial charge in [-0.15, -0.1) is 0 Å². The number of alkyl halides is 1. The van der Waals surface area contributed by atoms with Crippen molar-refractivity contribution in [3.63, 3.8) is 0 Å². The van der Waals surface area contributed by atoms with Gasteiger partial charge in [0, 0.05) is 11.5 Å². The standard InChI is InChI=1S/C10H11BrN4/c1-8(4-11)9-2-3-10(13-5-9)15-7-12-6-14-15/h2-3,5-8H,4H2,1H3. The summed E-state index contributed by atoms with van der Waals surface area (Å²) in [5.41, 5.74) is 1.22. The molecule has 0 aromatic carbocycles. The third-order valence-corrected chi connectivity index (χ3v) is 3.20. The lowest BCUT2D eigenvalue weighted by Gasteiger charge is -2.07. The van der Waals surface area contributed by atoms with Gasteiger partial charge in [0.05, 0.1) is 0 Å². The van der Waals surface area contributed by atoms with Gasteiger partial charge < -0.3 is 0 Å². The zero-order valence-corrected chi connectivity index (χ0v) is 9.92. The Balaban J connectivity index is 2.25. The van der Waals surface area contributed by atoms with Crippen molar-refractivity contribution >= 4 is 15.9 Å². The highest BCUT2D eigenvalue weighted by atomic mass is 79.9. The van der Waals surface area contributed by atoms with Crippen molar-refractivity contribution < 1.29 is 0 Å². The van der Waals surface area contributed by atoms with Crippen LogP contribution in [0.3, 0.4) is 0 Å². The largest absolute Gasteiger partial charge is 0.237 e. The SMILES string of the molecule is CC(CBr)c1ccc(-n2cncn2)nc1. The lowest BCUT2D eigenvalue weighted by Crippen LogP contribution is -2.00. The van der Waals surface area contributed by atoms with Crippen molar-refractivity contribution in [2.45, 2.75) is 12.8 Å². The molecule has 0 fully saturated rings. The summed E-state index contributed by atoms with van der Waals surface area (Å²) in [7, 11) is 0. The van der Waals surface area contributed by atoms with E-state index in [4.69, 9.17) is 0 Å². The van der Waals surface area contributed by atoms with Gasteiger partial charge in [-0.1, -0.05) is 28.9 Å². The van der Waals surface area contributed by atoms with Crippen molar-refractivity contribution in [1.82, 2.24) is 19.7 Å². The van der Waals surface area contributed by atoms with Gasteiger partial charge >= 0.3 is 0 Å². The van der Waals surface area contributed by atoms with Crippen LogP contribution < -0.4 is 0 Å². The van der Waals surface area contributed by atoms with Gasteiger partial charge in [0.15, 0.2) is 5.82 Å². The molecule has 0 saturated heterocycles. The van der Waals surface area contributed by atoms with E-state index in [0.717, 1.165) is 11.1 Å². The van der Waals surface area contributed by atoms with Crippen molar-refractivity contribution in [1.29, 1.82) is 0 Å². The molecular weight excluding hydrogens is 256 g/mol. The summed E-state index contributed by atoms with van der Waals surface area (Å²) in [6.07, 6.45) is 5.01. The Morgan fingerprint density at radius 1 is 1.47 bits per heavy atom. The Kier molecular flexibility index (Phi) is 3.11. The van der Waals surface area contributed by atoms with Crippen LogP contribution in [0.5, 0.6) is 0 Å². The molecule has 2 rings (SSSR count). The van der Waals surface area contributed by atoms with Gasteiger partial charge in [0.1, 0.15) is 12.7 Å². The van der Waals surface area contributed by atoms with Crippen LogP contribution in [0.15, 0.2) is 31.0 Å². The highest BCUT2D eigenvalue weighted by molar-refractivity contribution is 9.09. The van der Waals surface area contributed by atoms with Crippen LogP contribution in [0.2, 0.25) is 0 Å². The fourth-order valence-electron chi connectivity index (χ4n) is 1.24. The van der Waals surface area contributed by atoms with Gasteiger partial charge in [0.2, 0.25) is 0 Å². The fraction of sp³-hybridized carbons (Fsp3) is 0.300. The molecule has 0 amide bonds. The van der Waals surface area contributed by atoms with Gasteiger partial charge in [-0.25, -0.2) is 14.6 Å². The molecule has 1 unspecified atom stereocenters. The number of halogens is 1. The molecule has 1 atom stereocenters. The first-order valence-electron chi connectivity index (χ1n) is 4.68. The average Bonchev–Trinajstić information content (AvgIpc) is 2.82. The normalized spacial score (nSPS) is 12.7. The molecule has 0 spiro atoms. The summed E-state index contributed by atoms with van der Waals surface area (Å²) in [6.45, 7) is 2.15. The minimum absolute atomic E-state index is 0.474. The van der Waals surface area contributed by atoms with E-state index in [1.807, 2.05) is 12.3 Å². The number of nitrogens with zero attached hydrogens (tertiary/aromatic N) is 4. The number of rotatable bonds is 3. The zero-order valence-electron chi connectivity index (χ0n) is 8.34. The van der Waals surface area contributed by atoms with Crippen molar-refractivity contribution in [2.24, 2.45) is 0 Å². The summed E-state index contributed by atoms with van der Waals surface area (Å²) in [5.74, 6) is 1.26. The van der Waals surface area contributed by atoms with Gasteiger partial charge in [-0.2, -0.15) is 5.10 Å². The van der Waals surface area contributed by atoms with Crippen LogP contribution in [0, 0.1) is 0 Å². The Morgan fingerprint density at radius 3 is 2.87 bits per heavy atom. The molecule has 2 heterocycles. The molecule has 5 heteroatoms. The number of hydrogen-bond acceptors (Lipinski definition) is 3. The topological polar surface area (TPSA) is 43.6 Å². The Bertz CT molecular complexity index is 409. The molecule has 0 radical (unpaired) electrons. The summed E-state index contributed by atoms with van der Waals surface area (Å²) >= 11 is 3.45. The van der Waals surface area contributed by atoms with E-state index in [0.29, 0.717) is 5.92 Å². The van der Waals surface area contributed by atoms with E-state index in [2.05, 4.69) is 44.0 Å². The van der Waals surface area contributed by atoms with E-state index < -0.39 is 0 Å². The van der Waals surface area contributed by atoms with E-state index >= 15 is 0 Å². The molecular formula is C10H11BrN4. The van der Waals surface area contributed by atoms with E-state index in [9.17, 15) is 0 Å². The number of aromatic nitrogens is 4. The molecule has 2 aromatic heterocycles. The highest BCUT2D eigenvalue weighted by Gasteiger charge is 2.04. The summed E-state index contributed by atoms with van der Waals surface area (Å²) < 4.78 is 1.64. The minimum atomic E-state index is 0.474. The van der Waals surface area contributed by atoms with Crippen LogP contribution >= 0.6 is 15.9 Å². The van der Waals surface area contributed by atoms with Gasteiger partial charge in [0.25, 0.3) is 0 Å². The van der Waals surface area contributed by atoms with Gasteiger partial charge in [-0.3, -0.25) is 0 Å². The smallest absolute Gasteiger partial charge is 0.155 e. The Morgan fingerprint density at radius 2 is 2.33 bits per heavy atom. The van der Waals surface area contributed by atoms with Crippen LogP contribution in [0.1, 0.15) is 18.4 Å². The second-order valence-corrected chi connectivity index (χ2v) is 3.99. The summed E-state index contributed by atoms with van der Waals surface area (Å²) in [4.78, 5) is 8.21. The maximum Gasteiger partial charge on any atom is 0.155 e. The van der Waals surface area contributed by atoms with Crippen molar-refractivity contribution in [3.8, 4) is 5.82 Å². The van der Waals surface area contributed by atoms with Gasteiger partial charge in [-0.05, 0) is 17.5 Å². The quantitative estimate of drug-likeness (QED) is 0.800. The first-order valence-corrected chi connectivity index (χ1v) is 5.80. The number of pyridine rings is 1. The second kappa shape index (κ2) is 4.53. The maximum atomic E-state index is 4.33. The minimum Gasteiger partial charge on any atom is -0.237 e. The number of hydrogen-bond donors (Lipinski definition) is 0. The van der Waals surface area contributed by atoms with E-state index in [1.54, 1.807) is 11.0 Å². The molecule has 2 aromatic rings. The fourth-order valence-corrected chi connectivity index (χ4v) is 1.61. The second-order valence-electron chi connectivity index (χ2n) is 3.35. The van der Waals surface area contributed by atoms with E-state index in [1.165, 1.54) is 11.9 Å². The lowest BCUT2D eigenvalue weighted by molar-refractivity contribution is 0.827. The Labute approximate surface area is 96.5 Å².